The van der Waals surface area contributed by atoms with E-state index in [0.29, 0.717) is 36.5 Å². The number of carbonyl (C=O) groups is 1. The smallest absolute Gasteiger partial charge is 0.307 e. The molecule has 33 heavy (non-hydrogen) atoms. The number of thiazole rings is 1. The van der Waals surface area contributed by atoms with Crippen molar-refractivity contribution in [1.82, 2.24) is 8.87 Å². The number of rotatable bonds is 7. The number of hydrogen-bond acceptors (Lipinski definition) is 6. The summed E-state index contributed by atoms with van der Waals surface area (Å²) in [5.41, 5.74) is 2.10. The van der Waals surface area contributed by atoms with E-state index in [-0.39, 0.29) is 22.1 Å². The number of anilines is 1. The molecule has 0 atom stereocenters. The topological polar surface area (TPSA) is 97.7 Å². The Bertz CT molecular complexity index is 1340. The van der Waals surface area contributed by atoms with Gasteiger partial charge < -0.3 is 14.6 Å². The molecule has 2 heterocycles. The molecule has 1 amide bonds. The summed E-state index contributed by atoms with van der Waals surface area (Å²) in [6, 6.07) is 10.2. The molecule has 8 nitrogen and oxygen atoms in total. The Morgan fingerprint density at radius 3 is 2.61 bits per heavy atom. The van der Waals surface area contributed by atoms with Crippen LogP contribution < -0.4 is 14.9 Å². The van der Waals surface area contributed by atoms with Crippen molar-refractivity contribution in [2.24, 2.45) is 7.05 Å². The number of benzene rings is 2. The summed E-state index contributed by atoms with van der Waals surface area (Å²) < 4.78 is 35.4. The monoisotopic (exact) mass is 489 g/mol. The van der Waals surface area contributed by atoms with E-state index in [0.717, 1.165) is 40.8 Å². The summed E-state index contributed by atoms with van der Waals surface area (Å²) in [6.45, 7) is 1.07. The highest BCUT2D eigenvalue weighted by atomic mass is 32.2. The Hall–Kier alpha value is -2.69. The maximum Gasteiger partial charge on any atom is 0.307 e. The fourth-order valence-electron chi connectivity index (χ4n) is 4.05. The third-order valence-electron chi connectivity index (χ3n) is 5.90. The van der Waals surface area contributed by atoms with Crippen molar-refractivity contribution in [3.05, 3.63) is 51.6 Å². The third-order valence-corrected chi connectivity index (χ3v) is 8.79. The van der Waals surface area contributed by atoms with Crippen LogP contribution in [-0.4, -0.2) is 43.4 Å². The second-order valence-corrected chi connectivity index (χ2v) is 11.0. The molecular formula is C23H27N3O5S2. The van der Waals surface area contributed by atoms with Crippen LogP contribution in [0.15, 0.2) is 46.1 Å². The minimum Gasteiger partial charge on any atom is -0.496 e. The molecule has 0 aliphatic carbocycles. The summed E-state index contributed by atoms with van der Waals surface area (Å²) in [5, 5.41) is 2.86. The molecule has 1 fully saturated rings. The van der Waals surface area contributed by atoms with Crippen LogP contribution in [0.2, 0.25) is 0 Å². The summed E-state index contributed by atoms with van der Waals surface area (Å²) in [6.07, 6.45) is 3.28. The zero-order chi connectivity index (χ0) is 23.6. The second-order valence-electron chi connectivity index (χ2n) is 8.10. The first-order chi connectivity index (χ1) is 15.8. The standard InChI is InChI=1S/C23H27N3O5S2/c1-25-19-9-7-17(15-21(19)32-23(25)28)24-22(27)11-6-16-14-18(8-10-20(16)31-2)33(29,30)26-12-4-3-5-13-26/h7-10,14-15H,3-6,11-13H2,1-2H3,(H,24,27). The molecule has 1 aromatic heterocycles. The van der Waals surface area contributed by atoms with Crippen LogP contribution >= 0.6 is 11.3 Å². The number of piperidine rings is 1. The fourth-order valence-corrected chi connectivity index (χ4v) is 6.54. The molecule has 10 heteroatoms. The van der Waals surface area contributed by atoms with Crippen molar-refractivity contribution in [1.29, 1.82) is 0 Å². The van der Waals surface area contributed by atoms with Gasteiger partial charge in [0, 0.05) is 32.2 Å². The van der Waals surface area contributed by atoms with Crippen molar-refractivity contribution < 1.29 is 17.9 Å². The van der Waals surface area contributed by atoms with Gasteiger partial charge in [0.25, 0.3) is 0 Å². The number of methoxy groups -OCH3 is 1. The summed E-state index contributed by atoms with van der Waals surface area (Å²) >= 11 is 1.13. The zero-order valence-corrected chi connectivity index (χ0v) is 20.3. The minimum atomic E-state index is -3.57. The van der Waals surface area contributed by atoms with Gasteiger partial charge in [0.2, 0.25) is 15.9 Å². The van der Waals surface area contributed by atoms with Gasteiger partial charge in [-0.2, -0.15) is 4.31 Å². The average Bonchev–Trinajstić information content (AvgIpc) is 3.10. The zero-order valence-electron chi connectivity index (χ0n) is 18.7. The molecule has 1 N–H and O–H groups in total. The molecule has 0 spiro atoms. The normalized spacial score (nSPS) is 15.0. The quantitative estimate of drug-likeness (QED) is 0.549. The highest BCUT2D eigenvalue weighted by Gasteiger charge is 2.26. The van der Waals surface area contributed by atoms with Gasteiger partial charge in [-0.25, -0.2) is 8.42 Å². The lowest BCUT2D eigenvalue weighted by atomic mass is 10.1. The van der Waals surface area contributed by atoms with E-state index in [1.54, 1.807) is 48.0 Å². The number of aromatic nitrogens is 1. The van der Waals surface area contributed by atoms with Gasteiger partial charge in [-0.3, -0.25) is 9.59 Å². The Morgan fingerprint density at radius 1 is 1.12 bits per heavy atom. The molecule has 4 rings (SSSR count). The minimum absolute atomic E-state index is 0.0556. The Kier molecular flexibility index (Phi) is 6.87. The van der Waals surface area contributed by atoms with E-state index in [2.05, 4.69) is 5.32 Å². The predicted octanol–water partition coefficient (Wildman–Crippen LogP) is 3.35. The number of carbonyl (C=O) groups excluding carboxylic acids is 1. The summed E-state index contributed by atoms with van der Waals surface area (Å²) in [4.78, 5) is 24.6. The van der Waals surface area contributed by atoms with Crippen molar-refractivity contribution in [2.75, 3.05) is 25.5 Å². The van der Waals surface area contributed by atoms with Crippen LogP contribution in [-0.2, 0) is 28.3 Å². The van der Waals surface area contributed by atoms with Gasteiger partial charge in [-0.1, -0.05) is 17.8 Å². The van der Waals surface area contributed by atoms with Crippen molar-refractivity contribution in [3.63, 3.8) is 0 Å². The van der Waals surface area contributed by atoms with Crippen molar-refractivity contribution in [2.45, 2.75) is 37.0 Å². The van der Waals surface area contributed by atoms with Crippen LogP contribution in [0.25, 0.3) is 10.2 Å². The fraction of sp³-hybridized carbons (Fsp3) is 0.391. The first-order valence-corrected chi connectivity index (χ1v) is 13.1. The van der Waals surface area contributed by atoms with Crippen LogP contribution in [0.5, 0.6) is 5.75 Å². The number of nitrogens with zero attached hydrogens (tertiary/aromatic N) is 2. The maximum atomic E-state index is 13.0. The number of ether oxygens (including phenoxy) is 1. The van der Waals surface area contributed by atoms with Crippen LogP contribution in [0.1, 0.15) is 31.2 Å². The van der Waals surface area contributed by atoms with Gasteiger partial charge >= 0.3 is 4.87 Å². The predicted molar refractivity (Wildman–Crippen MR) is 130 cm³/mol. The van der Waals surface area contributed by atoms with Crippen LogP contribution in [0.3, 0.4) is 0 Å². The van der Waals surface area contributed by atoms with Crippen LogP contribution in [0, 0.1) is 0 Å². The van der Waals surface area contributed by atoms with Gasteiger partial charge in [0.15, 0.2) is 0 Å². The van der Waals surface area contributed by atoms with E-state index in [1.807, 2.05) is 0 Å². The highest BCUT2D eigenvalue weighted by Crippen LogP contribution is 2.27. The first-order valence-electron chi connectivity index (χ1n) is 10.9. The molecule has 0 bridgehead atoms. The molecule has 0 radical (unpaired) electrons. The molecule has 1 aliphatic rings. The molecule has 176 valence electrons. The van der Waals surface area contributed by atoms with E-state index < -0.39 is 10.0 Å². The molecule has 0 saturated carbocycles. The number of nitrogens with one attached hydrogen (secondary N) is 1. The number of sulfonamides is 1. The summed E-state index contributed by atoms with van der Waals surface area (Å²) in [7, 11) is -0.327. The lowest BCUT2D eigenvalue weighted by molar-refractivity contribution is -0.116. The van der Waals surface area contributed by atoms with E-state index >= 15 is 0 Å². The molecule has 0 unspecified atom stereocenters. The Labute approximate surface area is 196 Å². The van der Waals surface area contributed by atoms with Crippen LogP contribution in [0.4, 0.5) is 5.69 Å². The lowest BCUT2D eigenvalue weighted by Crippen LogP contribution is -2.35. The Morgan fingerprint density at radius 2 is 1.88 bits per heavy atom. The molecule has 3 aromatic rings. The molecular weight excluding hydrogens is 462 g/mol. The van der Waals surface area contributed by atoms with E-state index in [1.165, 1.54) is 11.4 Å². The molecule has 1 aliphatic heterocycles. The van der Waals surface area contributed by atoms with E-state index in [9.17, 15) is 18.0 Å². The van der Waals surface area contributed by atoms with Gasteiger partial charge in [-0.05, 0) is 61.2 Å². The van der Waals surface area contributed by atoms with Gasteiger partial charge in [-0.15, -0.1) is 0 Å². The van der Waals surface area contributed by atoms with Crippen molar-refractivity contribution in [3.8, 4) is 5.75 Å². The molecule has 2 aromatic carbocycles. The second kappa shape index (κ2) is 9.66. The number of amides is 1. The largest absolute Gasteiger partial charge is 0.496 e. The third kappa shape index (κ3) is 4.97. The Balaban J connectivity index is 1.47. The maximum absolute atomic E-state index is 13.0. The highest BCUT2D eigenvalue weighted by molar-refractivity contribution is 7.89. The van der Waals surface area contributed by atoms with E-state index in [4.69, 9.17) is 4.74 Å². The average molecular weight is 490 g/mol. The van der Waals surface area contributed by atoms with Gasteiger partial charge in [0.05, 0.1) is 22.2 Å². The van der Waals surface area contributed by atoms with Crippen molar-refractivity contribution >= 4 is 43.2 Å². The molecule has 1 saturated heterocycles. The van der Waals surface area contributed by atoms with Gasteiger partial charge in [0.1, 0.15) is 5.75 Å². The number of hydrogen-bond donors (Lipinski definition) is 1. The summed E-state index contributed by atoms with van der Waals surface area (Å²) in [5.74, 6) is 0.347. The first kappa shape index (κ1) is 23.5. The lowest BCUT2D eigenvalue weighted by Gasteiger charge is -2.26. The number of aryl methyl sites for hydroxylation is 2. The number of fused-ring (bicyclic) bond motifs is 1. The SMILES string of the molecule is COc1ccc(S(=O)(=O)N2CCCCC2)cc1CCC(=O)Nc1ccc2c(c1)sc(=O)n2C.